The van der Waals surface area contributed by atoms with E-state index in [1.807, 2.05) is 0 Å². The Kier molecular flexibility index (Phi) is 2.12. The summed E-state index contributed by atoms with van der Waals surface area (Å²) in [4.78, 5) is 0. The summed E-state index contributed by atoms with van der Waals surface area (Å²) in [6, 6.07) is 8.93. The number of rotatable bonds is 0. The van der Waals surface area contributed by atoms with Crippen LogP contribution in [0.2, 0.25) is 0 Å². The summed E-state index contributed by atoms with van der Waals surface area (Å²) in [7, 11) is 0. The number of fused-ring (bicyclic) bond motifs is 5. The van der Waals surface area contributed by atoms with E-state index in [1.165, 1.54) is 19.5 Å². The standard InChI is InChI=1S/C11H13N.CH4/c1-2-4-11-9-5-8(6-12-7-9)10(11)3-1;/h1-4,8-9,12H,5-7H2;1H4. The van der Waals surface area contributed by atoms with Crippen molar-refractivity contribution in [3.63, 3.8) is 0 Å². The third-order valence-corrected chi connectivity index (χ3v) is 3.23. The molecule has 1 aliphatic carbocycles. The summed E-state index contributed by atoms with van der Waals surface area (Å²) in [5.41, 5.74) is 3.21. The number of piperidine rings is 1. The van der Waals surface area contributed by atoms with Crippen LogP contribution >= 0.6 is 0 Å². The maximum absolute atomic E-state index is 3.49. The maximum atomic E-state index is 3.49. The molecule has 3 rings (SSSR count). The average molecular weight is 175 g/mol. The van der Waals surface area contributed by atoms with Crippen LogP contribution in [0.25, 0.3) is 0 Å². The Labute approximate surface area is 80.2 Å². The van der Waals surface area contributed by atoms with Crippen LogP contribution in [0.3, 0.4) is 0 Å². The monoisotopic (exact) mass is 175 g/mol. The predicted octanol–water partition coefficient (Wildman–Crippen LogP) is 2.50. The maximum Gasteiger partial charge on any atom is 0.00207 e. The van der Waals surface area contributed by atoms with Crippen LogP contribution in [-0.4, -0.2) is 13.1 Å². The Morgan fingerprint density at radius 2 is 1.54 bits per heavy atom. The van der Waals surface area contributed by atoms with E-state index in [0.29, 0.717) is 0 Å². The van der Waals surface area contributed by atoms with Crippen molar-refractivity contribution in [3.8, 4) is 0 Å². The van der Waals surface area contributed by atoms with Gasteiger partial charge in [0.2, 0.25) is 0 Å². The predicted molar refractivity (Wildman–Crippen MR) is 56.1 cm³/mol. The molecule has 2 aliphatic rings. The molecule has 0 spiro atoms. The van der Waals surface area contributed by atoms with Gasteiger partial charge in [0.15, 0.2) is 0 Å². The molecule has 1 saturated heterocycles. The van der Waals surface area contributed by atoms with Crippen molar-refractivity contribution in [3.05, 3.63) is 35.4 Å². The SMILES string of the molecule is C.c1ccc2c(c1)C1CNCC2C1. The first-order valence-electron chi connectivity index (χ1n) is 4.74. The Morgan fingerprint density at radius 3 is 2.08 bits per heavy atom. The fraction of sp³-hybridized carbons (Fsp3) is 0.500. The Hall–Kier alpha value is -0.820. The lowest BCUT2D eigenvalue weighted by molar-refractivity contribution is 0.454. The van der Waals surface area contributed by atoms with E-state index in [2.05, 4.69) is 29.6 Å². The van der Waals surface area contributed by atoms with Gasteiger partial charge in [0.05, 0.1) is 0 Å². The van der Waals surface area contributed by atoms with Crippen LogP contribution in [0.1, 0.15) is 36.8 Å². The molecular formula is C12H17N. The molecule has 1 fully saturated rings. The van der Waals surface area contributed by atoms with E-state index < -0.39 is 0 Å². The largest absolute Gasteiger partial charge is 0.316 e. The van der Waals surface area contributed by atoms with Crippen LogP contribution in [0.5, 0.6) is 0 Å². The summed E-state index contributed by atoms with van der Waals surface area (Å²) in [6.45, 7) is 2.38. The molecule has 70 valence electrons. The van der Waals surface area contributed by atoms with Crippen molar-refractivity contribution in [1.29, 1.82) is 0 Å². The summed E-state index contributed by atoms with van der Waals surface area (Å²) < 4.78 is 0. The molecule has 0 aromatic heterocycles. The molecule has 1 nitrogen and oxygen atoms in total. The van der Waals surface area contributed by atoms with E-state index in [9.17, 15) is 0 Å². The van der Waals surface area contributed by atoms with Crippen molar-refractivity contribution >= 4 is 0 Å². The first kappa shape index (κ1) is 8.76. The Bertz CT molecular complexity index is 277. The van der Waals surface area contributed by atoms with E-state index in [-0.39, 0.29) is 7.43 Å². The highest BCUT2D eigenvalue weighted by Gasteiger charge is 2.33. The van der Waals surface area contributed by atoms with Gasteiger partial charge in [-0.05, 0) is 29.4 Å². The van der Waals surface area contributed by atoms with Crippen LogP contribution in [-0.2, 0) is 0 Å². The zero-order chi connectivity index (χ0) is 7.97. The number of hydrogen-bond acceptors (Lipinski definition) is 1. The van der Waals surface area contributed by atoms with Crippen LogP contribution in [0.4, 0.5) is 0 Å². The topological polar surface area (TPSA) is 12.0 Å². The fourth-order valence-corrected chi connectivity index (χ4v) is 2.67. The molecule has 2 atom stereocenters. The molecule has 0 saturated carbocycles. The Morgan fingerprint density at radius 1 is 1.00 bits per heavy atom. The second kappa shape index (κ2) is 3.15. The molecule has 2 unspecified atom stereocenters. The van der Waals surface area contributed by atoms with Crippen molar-refractivity contribution in [2.75, 3.05) is 13.1 Å². The van der Waals surface area contributed by atoms with Gasteiger partial charge in [-0.15, -0.1) is 0 Å². The minimum atomic E-state index is 0. The van der Waals surface area contributed by atoms with Gasteiger partial charge in [0.1, 0.15) is 0 Å². The second-order valence-corrected chi connectivity index (χ2v) is 3.92. The summed E-state index contributed by atoms with van der Waals surface area (Å²) >= 11 is 0. The molecule has 1 aromatic carbocycles. The molecular weight excluding hydrogens is 158 g/mol. The van der Waals surface area contributed by atoms with Gasteiger partial charge in [0, 0.05) is 13.1 Å². The highest BCUT2D eigenvalue weighted by atomic mass is 14.9. The smallest absolute Gasteiger partial charge is 0.00207 e. The molecule has 0 amide bonds. The molecule has 1 heteroatoms. The normalized spacial score (nSPS) is 29.2. The zero-order valence-corrected chi connectivity index (χ0v) is 7.09. The molecule has 0 radical (unpaired) electrons. The van der Waals surface area contributed by atoms with Crippen molar-refractivity contribution in [2.24, 2.45) is 0 Å². The van der Waals surface area contributed by atoms with Crippen LogP contribution in [0.15, 0.2) is 24.3 Å². The van der Waals surface area contributed by atoms with Crippen molar-refractivity contribution in [1.82, 2.24) is 5.32 Å². The third-order valence-electron chi connectivity index (χ3n) is 3.23. The first-order valence-corrected chi connectivity index (χ1v) is 4.74. The molecule has 13 heavy (non-hydrogen) atoms. The van der Waals surface area contributed by atoms with Gasteiger partial charge >= 0.3 is 0 Å². The molecule has 1 aliphatic heterocycles. The van der Waals surface area contributed by atoms with E-state index >= 15 is 0 Å². The lowest BCUT2D eigenvalue weighted by atomic mass is 9.98. The second-order valence-electron chi connectivity index (χ2n) is 3.92. The summed E-state index contributed by atoms with van der Waals surface area (Å²) in [5.74, 6) is 1.61. The fourth-order valence-electron chi connectivity index (χ4n) is 2.67. The van der Waals surface area contributed by atoms with Gasteiger partial charge in [-0.2, -0.15) is 0 Å². The minimum absolute atomic E-state index is 0. The van der Waals surface area contributed by atoms with Crippen molar-refractivity contribution < 1.29 is 0 Å². The zero-order valence-electron chi connectivity index (χ0n) is 7.09. The lowest BCUT2D eigenvalue weighted by Crippen LogP contribution is -2.28. The lowest BCUT2D eigenvalue weighted by Gasteiger charge is -2.19. The summed E-state index contributed by atoms with van der Waals surface area (Å²) in [5, 5.41) is 3.49. The van der Waals surface area contributed by atoms with Crippen molar-refractivity contribution in [2.45, 2.75) is 25.7 Å². The molecule has 1 N–H and O–H groups in total. The highest BCUT2D eigenvalue weighted by Crippen LogP contribution is 2.42. The van der Waals surface area contributed by atoms with E-state index in [4.69, 9.17) is 0 Å². The van der Waals surface area contributed by atoms with E-state index in [1.54, 1.807) is 11.1 Å². The van der Waals surface area contributed by atoms with Crippen LogP contribution < -0.4 is 5.32 Å². The minimum Gasteiger partial charge on any atom is -0.316 e. The highest BCUT2D eigenvalue weighted by molar-refractivity contribution is 5.40. The summed E-state index contributed by atoms with van der Waals surface area (Å²) in [6.07, 6.45) is 1.38. The van der Waals surface area contributed by atoms with Crippen LogP contribution in [0, 0.1) is 0 Å². The first-order chi connectivity index (χ1) is 5.95. The quantitative estimate of drug-likeness (QED) is 0.639. The molecule has 1 heterocycles. The number of nitrogens with one attached hydrogen (secondary N) is 1. The number of hydrogen-bond donors (Lipinski definition) is 1. The van der Waals surface area contributed by atoms with Gasteiger partial charge in [0.25, 0.3) is 0 Å². The average Bonchev–Trinajstić information content (AvgIpc) is 2.41. The molecule has 1 aromatic rings. The number of benzene rings is 1. The third kappa shape index (κ3) is 1.19. The van der Waals surface area contributed by atoms with Gasteiger partial charge in [-0.1, -0.05) is 31.7 Å². The Balaban J connectivity index is 0.000000653. The van der Waals surface area contributed by atoms with Gasteiger partial charge in [-0.3, -0.25) is 0 Å². The van der Waals surface area contributed by atoms with E-state index in [0.717, 1.165) is 11.8 Å². The molecule has 2 bridgehead atoms. The van der Waals surface area contributed by atoms with Gasteiger partial charge in [-0.25, -0.2) is 0 Å². The van der Waals surface area contributed by atoms with Gasteiger partial charge < -0.3 is 5.32 Å².